The summed E-state index contributed by atoms with van der Waals surface area (Å²) in [6.07, 6.45) is 0.991. The van der Waals surface area contributed by atoms with E-state index in [0.29, 0.717) is 0 Å². The van der Waals surface area contributed by atoms with Crippen LogP contribution in [0.4, 0.5) is 0 Å². The van der Waals surface area contributed by atoms with Crippen molar-refractivity contribution in [1.29, 1.82) is 0 Å². The molecule has 0 radical (unpaired) electrons. The average molecular weight is 263 g/mol. The topological polar surface area (TPSA) is 24.9 Å². The van der Waals surface area contributed by atoms with Gasteiger partial charge in [-0.1, -0.05) is 25.1 Å². The van der Waals surface area contributed by atoms with E-state index in [1.165, 1.54) is 10.9 Å². The summed E-state index contributed by atoms with van der Waals surface area (Å²) in [6.45, 7) is 5.82. The summed E-state index contributed by atoms with van der Waals surface area (Å²) >= 11 is 6.11. The maximum Gasteiger partial charge on any atom is 0.0708 e. The monoisotopic (exact) mass is 262 g/mol. The van der Waals surface area contributed by atoms with E-state index in [1.807, 2.05) is 13.0 Å². The quantitative estimate of drug-likeness (QED) is 0.832. The normalized spacial score (nSPS) is 12.8. The number of para-hydroxylation sites is 1. The fraction of sp³-hybridized carbons (Fsp3) is 0.400. The van der Waals surface area contributed by atoms with Crippen molar-refractivity contribution >= 4 is 22.5 Å². The lowest BCUT2D eigenvalue weighted by atomic mass is 10.1. The van der Waals surface area contributed by atoms with Crippen molar-refractivity contribution in [2.24, 2.45) is 0 Å². The number of aromatic nitrogens is 1. The van der Waals surface area contributed by atoms with Crippen molar-refractivity contribution in [3.05, 3.63) is 41.6 Å². The van der Waals surface area contributed by atoms with Crippen LogP contribution >= 0.6 is 11.6 Å². The molecule has 0 bridgehead atoms. The van der Waals surface area contributed by atoms with Gasteiger partial charge in [-0.05, 0) is 31.0 Å². The van der Waals surface area contributed by atoms with E-state index in [1.54, 1.807) is 0 Å². The lowest BCUT2D eigenvalue weighted by Gasteiger charge is -2.11. The minimum atomic E-state index is 0.208. The first kappa shape index (κ1) is 13.3. The second-order valence-corrected chi connectivity index (χ2v) is 5.19. The molecule has 1 heterocycles. The Morgan fingerprint density at radius 2 is 2.11 bits per heavy atom. The van der Waals surface area contributed by atoms with E-state index in [2.05, 4.69) is 41.5 Å². The van der Waals surface area contributed by atoms with Crippen LogP contribution in [0.1, 0.15) is 24.6 Å². The van der Waals surface area contributed by atoms with Crippen LogP contribution < -0.4 is 5.32 Å². The lowest BCUT2D eigenvalue weighted by Crippen LogP contribution is -2.22. The molecule has 0 amide bonds. The zero-order valence-electron chi connectivity index (χ0n) is 10.9. The fourth-order valence-electron chi connectivity index (χ4n) is 2.05. The number of fused-ring (bicyclic) bond motifs is 1. The number of nitrogens with one attached hydrogen (secondary N) is 1. The molecule has 2 rings (SSSR count). The van der Waals surface area contributed by atoms with Gasteiger partial charge in [0.05, 0.1) is 5.52 Å². The van der Waals surface area contributed by atoms with Gasteiger partial charge in [-0.25, -0.2) is 0 Å². The number of rotatable bonds is 5. The largest absolute Gasteiger partial charge is 0.311 e. The number of hydrogen-bond acceptors (Lipinski definition) is 2. The van der Waals surface area contributed by atoms with Crippen LogP contribution in [0.5, 0.6) is 0 Å². The molecule has 1 N–H and O–H groups in total. The smallest absolute Gasteiger partial charge is 0.0708 e. The van der Waals surface area contributed by atoms with Crippen LogP contribution in [0.2, 0.25) is 0 Å². The van der Waals surface area contributed by atoms with Gasteiger partial charge in [-0.2, -0.15) is 0 Å². The van der Waals surface area contributed by atoms with Gasteiger partial charge in [-0.3, -0.25) is 4.98 Å². The van der Waals surface area contributed by atoms with Gasteiger partial charge in [0.2, 0.25) is 0 Å². The van der Waals surface area contributed by atoms with E-state index >= 15 is 0 Å². The third-order valence-corrected chi connectivity index (χ3v) is 3.52. The Morgan fingerprint density at radius 3 is 2.89 bits per heavy atom. The maximum atomic E-state index is 6.11. The first-order valence-electron chi connectivity index (χ1n) is 6.40. The molecule has 1 unspecified atom stereocenters. The highest BCUT2D eigenvalue weighted by molar-refractivity contribution is 6.20. The highest BCUT2D eigenvalue weighted by Crippen LogP contribution is 2.18. The van der Waals surface area contributed by atoms with Crippen molar-refractivity contribution in [1.82, 2.24) is 10.3 Å². The second kappa shape index (κ2) is 6.17. The molecule has 2 aromatic rings. The standard InChI is InChI=1S/C15H19ClN2/c1-3-13(16)10-17-9-12-8-11(2)18-15-7-5-4-6-14(12)15/h4-8,13,17H,3,9-10H2,1-2H3. The molecule has 0 saturated heterocycles. The number of halogens is 1. The van der Waals surface area contributed by atoms with Crippen molar-refractivity contribution in [2.45, 2.75) is 32.2 Å². The minimum Gasteiger partial charge on any atom is -0.311 e. The predicted molar refractivity (Wildman–Crippen MR) is 78.1 cm³/mol. The zero-order valence-corrected chi connectivity index (χ0v) is 11.7. The Hall–Kier alpha value is -1.12. The van der Waals surface area contributed by atoms with Crippen LogP contribution in [-0.2, 0) is 6.54 Å². The number of hydrogen-bond donors (Lipinski definition) is 1. The molecule has 0 fully saturated rings. The maximum absolute atomic E-state index is 6.11. The van der Waals surface area contributed by atoms with Crippen LogP contribution in [0.15, 0.2) is 30.3 Å². The Labute approximate surface area is 113 Å². The molecule has 0 aliphatic heterocycles. The highest BCUT2D eigenvalue weighted by Gasteiger charge is 2.05. The minimum absolute atomic E-state index is 0.208. The van der Waals surface area contributed by atoms with Crippen LogP contribution in [0, 0.1) is 6.92 Å². The van der Waals surface area contributed by atoms with E-state index in [9.17, 15) is 0 Å². The third-order valence-electron chi connectivity index (χ3n) is 3.05. The molecular weight excluding hydrogens is 244 g/mol. The predicted octanol–water partition coefficient (Wildman–Crippen LogP) is 3.65. The molecule has 2 nitrogen and oxygen atoms in total. The van der Waals surface area contributed by atoms with Crippen molar-refractivity contribution < 1.29 is 0 Å². The Morgan fingerprint density at radius 1 is 1.33 bits per heavy atom. The molecule has 3 heteroatoms. The van der Waals surface area contributed by atoms with Crippen molar-refractivity contribution in [2.75, 3.05) is 6.54 Å². The number of nitrogens with zero attached hydrogens (tertiary/aromatic N) is 1. The summed E-state index contributed by atoms with van der Waals surface area (Å²) in [4.78, 5) is 4.54. The summed E-state index contributed by atoms with van der Waals surface area (Å²) in [5.74, 6) is 0. The van der Waals surface area contributed by atoms with Crippen LogP contribution in [0.3, 0.4) is 0 Å². The van der Waals surface area contributed by atoms with E-state index in [-0.39, 0.29) is 5.38 Å². The average Bonchev–Trinajstić information content (AvgIpc) is 2.38. The summed E-state index contributed by atoms with van der Waals surface area (Å²) in [5.41, 5.74) is 3.41. The summed E-state index contributed by atoms with van der Waals surface area (Å²) in [5, 5.41) is 4.84. The molecule has 96 valence electrons. The van der Waals surface area contributed by atoms with Crippen LogP contribution in [0.25, 0.3) is 10.9 Å². The molecular formula is C15H19ClN2. The summed E-state index contributed by atoms with van der Waals surface area (Å²) in [6, 6.07) is 10.4. The van der Waals surface area contributed by atoms with E-state index in [4.69, 9.17) is 11.6 Å². The zero-order chi connectivity index (χ0) is 13.0. The second-order valence-electron chi connectivity index (χ2n) is 4.58. The number of alkyl halides is 1. The Bertz CT molecular complexity index is 525. The molecule has 0 saturated carbocycles. The van der Waals surface area contributed by atoms with Gasteiger partial charge >= 0.3 is 0 Å². The van der Waals surface area contributed by atoms with Gasteiger partial charge in [-0.15, -0.1) is 11.6 Å². The molecule has 0 aliphatic carbocycles. The SMILES string of the molecule is CCC(Cl)CNCc1cc(C)nc2ccccc12. The van der Waals surface area contributed by atoms with Gasteiger partial charge in [0.1, 0.15) is 0 Å². The third kappa shape index (κ3) is 3.21. The molecule has 18 heavy (non-hydrogen) atoms. The first-order chi connectivity index (χ1) is 8.70. The summed E-state index contributed by atoms with van der Waals surface area (Å²) in [7, 11) is 0. The van der Waals surface area contributed by atoms with Gasteiger partial charge in [0, 0.05) is 29.5 Å². The molecule has 0 spiro atoms. The van der Waals surface area contributed by atoms with E-state index < -0.39 is 0 Å². The van der Waals surface area contributed by atoms with E-state index in [0.717, 1.165) is 30.7 Å². The van der Waals surface area contributed by atoms with Crippen molar-refractivity contribution in [3.8, 4) is 0 Å². The molecule has 1 atom stereocenters. The lowest BCUT2D eigenvalue weighted by molar-refractivity contribution is 0.649. The first-order valence-corrected chi connectivity index (χ1v) is 6.84. The Kier molecular flexibility index (Phi) is 4.56. The Balaban J connectivity index is 2.17. The molecule has 0 aliphatic rings. The number of pyridine rings is 1. The summed E-state index contributed by atoms with van der Waals surface area (Å²) < 4.78 is 0. The fourth-order valence-corrected chi connectivity index (χ4v) is 2.16. The van der Waals surface area contributed by atoms with Gasteiger partial charge in [0.15, 0.2) is 0 Å². The van der Waals surface area contributed by atoms with Gasteiger partial charge < -0.3 is 5.32 Å². The van der Waals surface area contributed by atoms with Crippen LogP contribution in [-0.4, -0.2) is 16.9 Å². The molecule has 1 aromatic heterocycles. The van der Waals surface area contributed by atoms with Gasteiger partial charge in [0.25, 0.3) is 0 Å². The highest BCUT2D eigenvalue weighted by atomic mass is 35.5. The molecule has 1 aromatic carbocycles. The number of aryl methyl sites for hydroxylation is 1. The van der Waals surface area contributed by atoms with Crippen molar-refractivity contribution in [3.63, 3.8) is 0 Å². The number of benzene rings is 1.